The third kappa shape index (κ3) is 3.39. The van der Waals surface area contributed by atoms with Crippen molar-refractivity contribution in [3.05, 3.63) is 47.8 Å². The number of nitrogens with two attached hydrogens (primary N) is 1. The first-order valence-electron chi connectivity index (χ1n) is 6.92. The molecule has 3 rings (SSSR count). The van der Waals surface area contributed by atoms with Crippen LogP contribution in [0.25, 0.3) is 11.1 Å². The number of hydrogen-bond donors (Lipinski definition) is 1. The van der Waals surface area contributed by atoms with E-state index in [1.54, 1.807) is 12.1 Å². The molecule has 0 atom stereocenters. The molecule has 0 bridgehead atoms. The molecule has 1 aliphatic heterocycles. The van der Waals surface area contributed by atoms with E-state index in [2.05, 4.69) is 10.7 Å². The number of nitrogens with zero attached hydrogens (tertiary/aromatic N) is 1. The van der Waals surface area contributed by atoms with Gasteiger partial charge in [0.2, 0.25) is 0 Å². The van der Waals surface area contributed by atoms with Crippen molar-refractivity contribution in [3.63, 3.8) is 0 Å². The van der Waals surface area contributed by atoms with Crippen molar-refractivity contribution in [2.24, 2.45) is 5.73 Å². The van der Waals surface area contributed by atoms with Gasteiger partial charge in [0.05, 0.1) is 6.61 Å². The summed E-state index contributed by atoms with van der Waals surface area (Å²) in [7, 11) is 1.50. The molecule has 0 amide bonds. The minimum absolute atomic E-state index is 0.478. The van der Waals surface area contributed by atoms with Gasteiger partial charge in [-0.05, 0) is 43.1 Å². The van der Waals surface area contributed by atoms with E-state index in [4.69, 9.17) is 4.74 Å². The summed E-state index contributed by atoms with van der Waals surface area (Å²) in [6.07, 6.45) is -1.44. The zero-order chi connectivity index (χ0) is 16.2. The summed E-state index contributed by atoms with van der Waals surface area (Å²) in [5.74, 6) is 0.693. The third-order valence-electron chi connectivity index (χ3n) is 3.29. The molecule has 0 aliphatic carbocycles. The van der Waals surface area contributed by atoms with Crippen molar-refractivity contribution in [1.82, 2.24) is 4.98 Å². The Hall–Kier alpha value is -2.08. The second kappa shape index (κ2) is 6.79. The molecule has 118 valence electrons. The van der Waals surface area contributed by atoms with Gasteiger partial charge in [0.1, 0.15) is 11.4 Å². The summed E-state index contributed by atoms with van der Waals surface area (Å²) in [6, 6.07) is 8.20. The lowest BCUT2D eigenvalue weighted by Crippen LogP contribution is -2.10. The van der Waals surface area contributed by atoms with Crippen LogP contribution in [0.15, 0.2) is 36.5 Å². The number of ether oxygens (including phenoxy) is 1. The van der Waals surface area contributed by atoms with Gasteiger partial charge in [-0.3, -0.25) is 4.98 Å². The van der Waals surface area contributed by atoms with Crippen molar-refractivity contribution in [3.8, 4) is 16.9 Å². The van der Waals surface area contributed by atoms with E-state index in [1.807, 2.05) is 12.1 Å². The predicted molar refractivity (Wildman–Crippen MR) is 78.6 cm³/mol. The van der Waals surface area contributed by atoms with Crippen LogP contribution in [-0.4, -0.2) is 18.6 Å². The Balaban J connectivity index is 0.000000847. The molecular weight excluding hydrogens is 293 g/mol. The summed E-state index contributed by atoms with van der Waals surface area (Å²) < 4.78 is 43.8. The quantitative estimate of drug-likeness (QED) is 0.874. The Morgan fingerprint density at radius 3 is 2.68 bits per heavy atom. The predicted octanol–water partition coefficient (Wildman–Crippen LogP) is 3.67. The Kier molecular flexibility index (Phi) is 5.03. The lowest BCUT2D eigenvalue weighted by Gasteiger charge is -2.20. The molecule has 2 heterocycles. The molecule has 0 unspecified atom stereocenters. The highest BCUT2D eigenvalue weighted by Crippen LogP contribution is 2.37. The average Bonchev–Trinajstić information content (AvgIpc) is 2.55. The van der Waals surface area contributed by atoms with Gasteiger partial charge in [-0.25, -0.2) is 0 Å². The number of pyridine rings is 1. The number of benzene rings is 1. The van der Waals surface area contributed by atoms with Gasteiger partial charge in [0, 0.05) is 11.8 Å². The maximum absolute atomic E-state index is 12.7. The van der Waals surface area contributed by atoms with Crippen molar-refractivity contribution >= 4 is 0 Å². The van der Waals surface area contributed by atoms with Crippen LogP contribution in [0.3, 0.4) is 0 Å². The summed E-state index contributed by atoms with van der Waals surface area (Å²) >= 11 is 0. The molecule has 0 fully saturated rings. The number of aryl methyl sites for hydroxylation is 1. The molecule has 22 heavy (non-hydrogen) atoms. The lowest BCUT2D eigenvalue weighted by molar-refractivity contribution is -0.141. The van der Waals surface area contributed by atoms with Crippen molar-refractivity contribution in [2.45, 2.75) is 19.0 Å². The highest BCUT2D eigenvalue weighted by molar-refractivity contribution is 5.72. The van der Waals surface area contributed by atoms with Crippen molar-refractivity contribution in [2.75, 3.05) is 13.7 Å². The van der Waals surface area contributed by atoms with Crippen LogP contribution in [-0.2, 0) is 12.6 Å². The van der Waals surface area contributed by atoms with Crippen LogP contribution >= 0.6 is 0 Å². The summed E-state index contributed by atoms with van der Waals surface area (Å²) in [5, 5.41) is 0. The van der Waals surface area contributed by atoms with E-state index in [0.717, 1.165) is 24.5 Å². The SMILES string of the molecule is CN.FC(F)(F)c1cc(-c2cccc3c2OCCC3)ccn1. The first kappa shape index (κ1) is 16.3. The number of halogens is 3. The number of rotatable bonds is 1. The molecule has 1 aromatic carbocycles. The number of alkyl halides is 3. The van der Waals surface area contributed by atoms with E-state index in [1.165, 1.54) is 13.2 Å². The van der Waals surface area contributed by atoms with Gasteiger partial charge >= 0.3 is 6.18 Å². The molecular formula is C16H17F3N2O. The van der Waals surface area contributed by atoms with Crippen molar-refractivity contribution in [1.29, 1.82) is 0 Å². The molecule has 0 spiro atoms. The highest BCUT2D eigenvalue weighted by Gasteiger charge is 2.32. The molecule has 0 radical (unpaired) electrons. The average molecular weight is 310 g/mol. The number of fused-ring (bicyclic) bond motifs is 1. The van der Waals surface area contributed by atoms with E-state index in [0.29, 0.717) is 23.5 Å². The van der Waals surface area contributed by atoms with Gasteiger partial charge in [-0.2, -0.15) is 13.2 Å². The smallest absolute Gasteiger partial charge is 0.433 e. The van der Waals surface area contributed by atoms with Crippen molar-refractivity contribution < 1.29 is 17.9 Å². The number of aromatic nitrogens is 1. The maximum Gasteiger partial charge on any atom is 0.433 e. The molecule has 2 N–H and O–H groups in total. The van der Waals surface area contributed by atoms with Gasteiger partial charge in [-0.15, -0.1) is 0 Å². The Morgan fingerprint density at radius 2 is 1.95 bits per heavy atom. The third-order valence-corrected chi connectivity index (χ3v) is 3.29. The van der Waals surface area contributed by atoms with Gasteiger partial charge < -0.3 is 10.5 Å². The zero-order valence-corrected chi connectivity index (χ0v) is 12.2. The summed E-state index contributed by atoms with van der Waals surface area (Å²) in [5.41, 5.74) is 5.82. The second-order valence-corrected chi connectivity index (χ2v) is 4.67. The molecule has 1 aromatic heterocycles. The van der Waals surface area contributed by atoms with Crippen LogP contribution in [0, 0.1) is 0 Å². The molecule has 0 saturated carbocycles. The van der Waals surface area contributed by atoms with E-state index >= 15 is 0 Å². The van der Waals surface area contributed by atoms with Crippen LogP contribution < -0.4 is 10.5 Å². The van der Waals surface area contributed by atoms with Crippen LogP contribution in [0.1, 0.15) is 17.7 Å². The topological polar surface area (TPSA) is 48.1 Å². The summed E-state index contributed by atoms with van der Waals surface area (Å²) in [6.45, 7) is 0.598. The fourth-order valence-corrected chi connectivity index (χ4v) is 2.37. The monoisotopic (exact) mass is 310 g/mol. The second-order valence-electron chi connectivity index (χ2n) is 4.67. The lowest BCUT2D eigenvalue weighted by atomic mass is 9.98. The maximum atomic E-state index is 12.7. The largest absolute Gasteiger partial charge is 0.493 e. The van der Waals surface area contributed by atoms with E-state index in [9.17, 15) is 13.2 Å². The molecule has 0 saturated heterocycles. The molecule has 1 aliphatic rings. The standard InChI is InChI=1S/C15H12F3NO.CH5N/c16-15(17,18)13-9-11(6-7-19-13)12-5-1-3-10-4-2-8-20-14(10)12;1-2/h1,3,5-7,9H,2,4,8H2;2H2,1H3. The van der Waals surface area contributed by atoms with Crippen LogP contribution in [0.4, 0.5) is 13.2 Å². The molecule has 6 heteroatoms. The number of hydrogen-bond acceptors (Lipinski definition) is 3. The van der Waals surface area contributed by atoms with Gasteiger partial charge in [-0.1, -0.05) is 18.2 Å². The molecule has 2 aromatic rings. The number of para-hydroxylation sites is 1. The zero-order valence-electron chi connectivity index (χ0n) is 12.2. The fraction of sp³-hybridized carbons (Fsp3) is 0.312. The minimum Gasteiger partial charge on any atom is -0.493 e. The van der Waals surface area contributed by atoms with E-state index < -0.39 is 11.9 Å². The Labute approximate surface area is 126 Å². The summed E-state index contributed by atoms with van der Waals surface area (Å²) in [4.78, 5) is 3.38. The first-order chi connectivity index (χ1) is 10.6. The minimum atomic E-state index is -4.44. The Morgan fingerprint density at radius 1 is 1.18 bits per heavy atom. The fourth-order valence-electron chi connectivity index (χ4n) is 2.37. The van der Waals surface area contributed by atoms with Gasteiger partial charge in [0.15, 0.2) is 0 Å². The molecule has 3 nitrogen and oxygen atoms in total. The van der Waals surface area contributed by atoms with E-state index in [-0.39, 0.29) is 0 Å². The first-order valence-corrected chi connectivity index (χ1v) is 6.92. The highest BCUT2D eigenvalue weighted by atomic mass is 19.4. The van der Waals surface area contributed by atoms with Crippen LogP contribution in [0.5, 0.6) is 5.75 Å². The van der Waals surface area contributed by atoms with Gasteiger partial charge in [0.25, 0.3) is 0 Å². The Bertz CT molecular complexity index is 642. The normalized spacial score (nSPS) is 13.5. The van der Waals surface area contributed by atoms with Crippen LogP contribution in [0.2, 0.25) is 0 Å².